The minimum Gasteiger partial charge on any atom is -0.481 e. The maximum atomic E-state index is 10.7. The molecule has 108 valence electrons. The summed E-state index contributed by atoms with van der Waals surface area (Å²) in [5, 5.41) is 8.80. The summed E-state index contributed by atoms with van der Waals surface area (Å²) in [6.45, 7) is 1.96. The molecule has 0 spiro atoms. The van der Waals surface area contributed by atoms with Crippen LogP contribution in [0, 0.1) is 0 Å². The number of benzene rings is 2. The molecule has 0 aromatic heterocycles. The fourth-order valence-electron chi connectivity index (χ4n) is 2.93. The molecule has 0 bridgehead atoms. The van der Waals surface area contributed by atoms with Crippen molar-refractivity contribution in [1.29, 1.82) is 0 Å². The van der Waals surface area contributed by atoms with Crippen molar-refractivity contribution < 1.29 is 9.90 Å². The molecule has 3 nitrogen and oxygen atoms in total. The molecule has 0 unspecified atom stereocenters. The van der Waals surface area contributed by atoms with Crippen LogP contribution in [0.3, 0.4) is 0 Å². The quantitative estimate of drug-likeness (QED) is 0.935. The lowest BCUT2D eigenvalue weighted by atomic mass is 10.0. The molecule has 1 N–H and O–H groups in total. The maximum absolute atomic E-state index is 10.7. The summed E-state index contributed by atoms with van der Waals surface area (Å²) in [7, 11) is 0. The van der Waals surface area contributed by atoms with E-state index in [1.807, 2.05) is 24.3 Å². The molecule has 2 aromatic rings. The van der Waals surface area contributed by atoms with Gasteiger partial charge in [-0.25, -0.2) is 0 Å². The van der Waals surface area contributed by atoms with Crippen molar-refractivity contribution in [1.82, 2.24) is 0 Å². The van der Waals surface area contributed by atoms with Crippen LogP contribution in [0.2, 0.25) is 0 Å². The smallest absolute Gasteiger partial charge is 0.307 e. The number of para-hydroxylation sites is 1. The minimum absolute atomic E-state index is 0.0901. The summed E-state index contributed by atoms with van der Waals surface area (Å²) in [5.74, 6) is -0.785. The van der Waals surface area contributed by atoms with Crippen molar-refractivity contribution in [3.63, 3.8) is 0 Å². The lowest BCUT2D eigenvalue weighted by Gasteiger charge is -2.31. The predicted octanol–water partition coefficient (Wildman–Crippen LogP) is 3.27. The summed E-state index contributed by atoms with van der Waals surface area (Å²) in [4.78, 5) is 13.1. The van der Waals surface area contributed by atoms with Gasteiger partial charge in [0, 0.05) is 18.8 Å². The zero-order valence-electron chi connectivity index (χ0n) is 12.0. The Kier molecular flexibility index (Phi) is 3.91. The van der Waals surface area contributed by atoms with Gasteiger partial charge < -0.3 is 10.0 Å². The van der Waals surface area contributed by atoms with Crippen LogP contribution in [-0.4, -0.2) is 17.6 Å². The van der Waals surface area contributed by atoms with Gasteiger partial charge in [0.2, 0.25) is 0 Å². The van der Waals surface area contributed by atoms with Crippen LogP contribution in [0.5, 0.6) is 0 Å². The second-order valence-electron chi connectivity index (χ2n) is 5.54. The number of carbonyl (C=O) groups is 1. The first kappa shape index (κ1) is 13.7. The Hall–Kier alpha value is -2.29. The number of nitrogens with zero attached hydrogens (tertiary/aromatic N) is 1. The molecule has 1 aliphatic rings. The Labute approximate surface area is 124 Å². The zero-order chi connectivity index (χ0) is 14.7. The van der Waals surface area contributed by atoms with E-state index in [0.29, 0.717) is 0 Å². The molecule has 0 saturated carbocycles. The van der Waals surface area contributed by atoms with E-state index in [0.717, 1.165) is 25.1 Å². The van der Waals surface area contributed by atoms with Gasteiger partial charge in [0.05, 0.1) is 6.42 Å². The predicted molar refractivity (Wildman–Crippen MR) is 83.6 cm³/mol. The van der Waals surface area contributed by atoms with Crippen LogP contribution in [0.4, 0.5) is 5.69 Å². The van der Waals surface area contributed by atoms with Gasteiger partial charge >= 0.3 is 5.97 Å². The third-order valence-electron chi connectivity index (χ3n) is 3.96. The van der Waals surface area contributed by atoms with E-state index >= 15 is 0 Å². The van der Waals surface area contributed by atoms with E-state index in [2.05, 4.69) is 29.2 Å². The lowest BCUT2D eigenvalue weighted by molar-refractivity contribution is -0.136. The molecule has 1 heterocycles. The zero-order valence-corrected chi connectivity index (χ0v) is 12.0. The lowest BCUT2D eigenvalue weighted by Crippen LogP contribution is -2.28. The van der Waals surface area contributed by atoms with Crippen LogP contribution in [0.1, 0.15) is 23.1 Å². The van der Waals surface area contributed by atoms with Gasteiger partial charge in [0.1, 0.15) is 0 Å². The Bertz CT molecular complexity index is 634. The average molecular weight is 281 g/mol. The Balaban J connectivity index is 1.74. The number of aliphatic carboxylic acids is 1. The Morgan fingerprint density at radius 2 is 1.76 bits per heavy atom. The molecular weight excluding hydrogens is 262 g/mol. The number of hydrogen-bond donors (Lipinski definition) is 1. The monoisotopic (exact) mass is 281 g/mol. The van der Waals surface area contributed by atoms with Gasteiger partial charge in [-0.15, -0.1) is 0 Å². The van der Waals surface area contributed by atoms with Gasteiger partial charge in [-0.05, 0) is 35.6 Å². The number of anilines is 1. The maximum Gasteiger partial charge on any atom is 0.307 e. The normalized spacial score (nSPS) is 13.8. The number of aryl methyl sites for hydroxylation is 1. The second-order valence-corrected chi connectivity index (χ2v) is 5.54. The molecule has 2 aromatic carbocycles. The second kappa shape index (κ2) is 6.00. The van der Waals surface area contributed by atoms with Crippen molar-refractivity contribution in [3.05, 3.63) is 65.2 Å². The van der Waals surface area contributed by atoms with Gasteiger partial charge in [-0.1, -0.05) is 42.5 Å². The number of hydrogen-bond acceptors (Lipinski definition) is 2. The van der Waals surface area contributed by atoms with E-state index < -0.39 is 5.97 Å². The molecule has 0 fully saturated rings. The molecule has 1 aliphatic heterocycles. The van der Waals surface area contributed by atoms with Gasteiger partial charge in [0.25, 0.3) is 0 Å². The van der Waals surface area contributed by atoms with Crippen molar-refractivity contribution in [2.45, 2.75) is 25.8 Å². The fourth-order valence-corrected chi connectivity index (χ4v) is 2.93. The van der Waals surface area contributed by atoms with Crippen LogP contribution in [0.15, 0.2) is 48.5 Å². The average Bonchev–Trinajstić information content (AvgIpc) is 2.49. The van der Waals surface area contributed by atoms with Crippen LogP contribution in [0.25, 0.3) is 0 Å². The molecule has 3 heteroatoms. The first-order valence-electron chi connectivity index (χ1n) is 7.35. The first-order valence-corrected chi connectivity index (χ1v) is 7.35. The number of carboxylic acid groups (broad SMARTS) is 1. The summed E-state index contributed by atoms with van der Waals surface area (Å²) in [6.07, 6.45) is 2.44. The first-order chi connectivity index (χ1) is 10.2. The minimum atomic E-state index is -0.785. The third kappa shape index (κ3) is 3.24. The Morgan fingerprint density at radius 3 is 2.52 bits per heavy atom. The van der Waals surface area contributed by atoms with E-state index in [9.17, 15) is 4.79 Å². The summed E-state index contributed by atoms with van der Waals surface area (Å²) < 4.78 is 0. The molecule has 0 amide bonds. The van der Waals surface area contributed by atoms with E-state index in [1.165, 1.54) is 23.2 Å². The topological polar surface area (TPSA) is 40.5 Å². The molecular formula is C18H19NO2. The van der Waals surface area contributed by atoms with Crippen LogP contribution >= 0.6 is 0 Å². The molecule has 3 rings (SSSR count). The number of fused-ring (bicyclic) bond motifs is 1. The van der Waals surface area contributed by atoms with Crippen LogP contribution < -0.4 is 4.90 Å². The Morgan fingerprint density at radius 1 is 1.05 bits per heavy atom. The molecule has 0 saturated heterocycles. The van der Waals surface area contributed by atoms with E-state index in [-0.39, 0.29) is 6.42 Å². The van der Waals surface area contributed by atoms with Gasteiger partial charge in [0.15, 0.2) is 0 Å². The van der Waals surface area contributed by atoms with E-state index in [4.69, 9.17) is 5.11 Å². The largest absolute Gasteiger partial charge is 0.481 e. The molecule has 0 atom stereocenters. The number of rotatable bonds is 4. The number of carboxylic acids is 1. The highest BCUT2D eigenvalue weighted by Gasteiger charge is 2.16. The molecule has 0 radical (unpaired) electrons. The fraction of sp³-hybridized carbons (Fsp3) is 0.278. The summed E-state index contributed by atoms with van der Waals surface area (Å²) in [5.41, 5.74) is 4.83. The highest BCUT2D eigenvalue weighted by Crippen LogP contribution is 2.28. The SMILES string of the molecule is O=C(O)Cc1ccc(CN2CCCc3ccccc32)cc1. The van der Waals surface area contributed by atoms with Crippen molar-refractivity contribution >= 4 is 11.7 Å². The highest BCUT2D eigenvalue weighted by molar-refractivity contribution is 5.70. The summed E-state index contributed by atoms with van der Waals surface area (Å²) >= 11 is 0. The van der Waals surface area contributed by atoms with Gasteiger partial charge in [-0.3, -0.25) is 4.79 Å². The van der Waals surface area contributed by atoms with Crippen molar-refractivity contribution in [3.8, 4) is 0 Å². The van der Waals surface area contributed by atoms with Crippen molar-refractivity contribution in [2.24, 2.45) is 0 Å². The van der Waals surface area contributed by atoms with Crippen molar-refractivity contribution in [2.75, 3.05) is 11.4 Å². The van der Waals surface area contributed by atoms with Crippen LogP contribution in [-0.2, 0) is 24.2 Å². The third-order valence-corrected chi connectivity index (χ3v) is 3.96. The van der Waals surface area contributed by atoms with Gasteiger partial charge in [-0.2, -0.15) is 0 Å². The molecule has 21 heavy (non-hydrogen) atoms. The molecule has 0 aliphatic carbocycles. The standard InChI is InChI=1S/C18H19NO2/c20-18(21)12-14-7-9-15(10-8-14)13-19-11-3-5-16-4-1-2-6-17(16)19/h1-2,4,6-10H,3,5,11-13H2,(H,20,21). The summed E-state index contributed by atoms with van der Waals surface area (Å²) in [6, 6.07) is 16.5. The van der Waals surface area contributed by atoms with E-state index in [1.54, 1.807) is 0 Å². The highest BCUT2D eigenvalue weighted by atomic mass is 16.4.